The first-order valence-electron chi connectivity index (χ1n) is 8.21. The molecule has 24 heavy (non-hydrogen) atoms. The molecule has 1 aromatic carbocycles. The Labute approximate surface area is 145 Å². The number of benzene rings is 1. The van der Waals surface area contributed by atoms with Gasteiger partial charge in [-0.2, -0.15) is 0 Å². The highest BCUT2D eigenvalue weighted by molar-refractivity contribution is 7.99. The number of aromatic nitrogens is 2. The number of carbonyl (C=O) groups is 1. The minimum absolute atomic E-state index is 0.0342. The number of amides is 1. The van der Waals surface area contributed by atoms with Gasteiger partial charge in [-0.15, -0.1) is 0 Å². The lowest BCUT2D eigenvalue weighted by Gasteiger charge is -2.20. The Kier molecular flexibility index (Phi) is 5.35. The summed E-state index contributed by atoms with van der Waals surface area (Å²) < 4.78 is 0. The molecule has 1 aromatic heterocycles. The van der Waals surface area contributed by atoms with Crippen LogP contribution >= 0.6 is 11.8 Å². The summed E-state index contributed by atoms with van der Waals surface area (Å²) in [7, 11) is 0. The maximum absolute atomic E-state index is 12.1. The summed E-state index contributed by atoms with van der Waals surface area (Å²) in [6.45, 7) is 2.00. The Morgan fingerprint density at radius 2 is 2.08 bits per heavy atom. The first kappa shape index (κ1) is 16.8. The van der Waals surface area contributed by atoms with Crippen LogP contribution in [0.5, 0.6) is 0 Å². The van der Waals surface area contributed by atoms with E-state index in [1.165, 1.54) is 48.0 Å². The van der Waals surface area contributed by atoms with E-state index in [4.69, 9.17) is 0 Å². The van der Waals surface area contributed by atoms with Crippen LogP contribution in [0.1, 0.15) is 42.5 Å². The molecule has 0 bridgehead atoms. The van der Waals surface area contributed by atoms with Crippen LogP contribution in [-0.4, -0.2) is 21.6 Å². The third-order valence-electron chi connectivity index (χ3n) is 4.24. The van der Waals surface area contributed by atoms with Crippen molar-refractivity contribution in [2.75, 3.05) is 5.75 Å². The zero-order valence-corrected chi connectivity index (χ0v) is 14.5. The minimum Gasteiger partial charge on any atom is -0.349 e. The highest BCUT2D eigenvalue weighted by atomic mass is 32.2. The molecule has 2 aromatic rings. The highest BCUT2D eigenvalue weighted by Gasteiger charge is 2.14. The van der Waals surface area contributed by atoms with Gasteiger partial charge >= 0.3 is 0 Å². The normalized spacial score (nSPS) is 14.7. The van der Waals surface area contributed by atoms with E-state index in [0.717, 1.165) is 18.4 Å². The van der Waals surface area contributed by atoms with Crippen molar-refractivity contribution < 1.29 is 4.79 Å². The summed E-state index contributed by atoms with van der Waals surface area (Å²) in [5.74, 6) is 0.152. The van der Waals surface area contributed by atoms with E-state index in [9.17, 15) is 9.59 Å². The quantitative estimate of drug-likeness (QED) is 0.646. The van der Waals surface area contributed by atoms with Crippen LogP contribution in [0.2, 0.25) is 0 Å². The predicted molar refractivity (Wildman–Crippen MR) is 95.2 cm³/mol. The van der Waals surface area contributed by atoms with Crippen LogP contribution in [0.15, 0.2) is 40.4 Å². The number of carbonyl (C=O) groups excluding carboxylic acids is 1. The van der Waals surface area contributed by atoms with Crippen LogP contribution in [0.25, 0.3) is 0 Å². The molecule has 0 spiro atoms. The number of aryl methyl sites for hydroxylation is 2. The second-order valence-electron chi connectivity index (χ2n) is 6.05. The van der Waals surface area contributed by atoms with E-state index in [0.29, 0.717) is 5.16 Å². The van der Waals surface area contributed by atoms with Crippen molar-refractivity contribution in [2.45, 2.75) is 43.8 Å². The Morgan fingerprint density at radius 3 is 2.88 bits per heavy atom. The van der Waals surface area contributed by atoms with Crippen molar-refractivity contribution in [1.29, 1.82) is 0 Å². The number of rotatable bonds is 5. The fourth-order valence-electron chi connectivity index (χ4n) is 2.95. The van der Waals surface area contributed by atoms with Crippen molar-refractivity contribution in [3.8, 4) is 0 Å². The van der Waals surface area contributed by atoms with Crippen LogP contribution in [-0.2, 0) is 17.6 Å². The molecular weight excluding hydrogens is 322 g/mol. The van der Waals surface area contributed by atoms with E-state index in [-0.39, 0.29) is 23.3 Å². The first-order valence-corrected chi connectivity index (χ1v) is 9.19. The van der Waals surface area contributed by atoms with Crippen molar-refractivity contribution in [1.82, 2.24) is 15.3 Å². The maximum Gasteiger partial charge on any atom is 0.251 e. The fourth-order valence-corrected chi connectivity index (χ4v) is 3.61. The van der Waals surface area contributed by atoms with E-state index < -0.39 is 0 Å². The molecular formula is C18H21N3O2S. The maximum atomic E-state index is 12.1. The summed E-state index contributed by atoms with van der Waals surface area (Å²) in [6, 6.07) is 7.84. The monoisotopic (exact) mass is 343 g/mol. The molecule has 1 aliphatic carbocycles. The van der Waals surface area contributed by atoms with E-state index in [1.807, 2.05) is 6.92 Å². The number of hydrogen-bond acceptors (Lipinski definition) is 4. The number of aromatic amines is 1. The van der Waals surface area contributed by atoms with Gasteiger partial charge in [0.05, 0.1) is 11.8 Å². The van der Waals surface area contributed by atoms with Crippen molar-refractivity contribution >= 4 is 17.7 Å². The van der Waals surface area contributed by atoms with Gasteiger partial charge in [-0.1, -0.05) is 30.0 Å². The number of hydrogen-bond donors (Lipinski definition) is 2. The van der Waals surface area contributed by atoms with Gasteiger partial charge in [-0.05, 0) is 49.3 Å². The van der Waals surface area contributed by atoms with Crippen LogP contribution < -0.4 is 10.9 Å². The van der Waals surface area contributed by atoms with Crippen LogP contribution in [0.4, 0.5) is 0 Å². The smallest absolute Gasteiger partial charge is 0.251 e. The predicted octanol–water partition coefficient (Wildman–Crippen LogP) is 2.62. The molecule has 0 saturated carbocycles. The van der Waals surface area contributed by atoms with Gasteiger partial charge < -0.3 is 10.3 Å². The molecule has 0 unspecified atom stereocenters. The molecule has 1 heterocycles. The molecule has 5 nitrogen and oxygen atoms in total. The van der Waals surface area contributed by atoms with Gasteiger partial charge in [-0.25, -0.2) is 4.98 Å². The molecule has 0 fully saturated rings. The average molecular weight is 343 g/mol. The van der Waals surface area contributed by atoms with Crippen LogP contribution in [0.3, 0.4) is 0 Å². The molecule has 0 saturated heterocycles. The lowest BCUT2D eigenvalue weighted by molar-refractivity contribution is -0.119. The topological polar surface area (TPSA) is 74.8 Å². The first-order chi connectivity index (χ1) is 11.6. The Bertz CT molecular complexity index is 788. The molecule has 1 atom stereocenters. The molecule has 1 aliphatic rings. The SMILES string of the molecule is C[C@H](NC(=O)CSc1nccc(=O)[nH]1)c1ccc2c(c1)CCCC2. The molecule has 0 radical (unpaired) electrons. The van der Waals surface area contributed by atoms with Gasteiger partial charge in [0, 0.05) is 12.3 Å². The standard InChI is InChI=1S/C18H21N3O2S/c1-12(14-7-6-13-4-2-3-5-15(13)10-14)20-17(23)11-24-18-19-9-8-16(22)21-18/h6-10,12H,2-5,11H2,1H3,(H,20,23)(H,19,21,22)/t12-/m0/s1. The summed E-state index contributed by atoms with van der Waals surface area (Å²) in [5, 5.41) is 3.47. The minimum atomic E-state index is -0.213. The number of thioether (sulfide) groups is 1. The zero-order valence-electron chi connectivity index (χ0n) is 13.7. The highest BCUT2D eigenvalue weighted by Crippen LogP contribution is 2.24. The van der Waals surface area contributed by atoms with Gasteiger partial charge in [0.2, 0.25) is 5.91 Å². The fraction of sp³-hybridized carbons (Fsp3) is 0.389. The summed E-state index contributed by atoms with van der Waals surface area (Å²) in [4.78, 5) is 30.0. The molecule has 2 N–H and O–H groups in total. The summed E-state index contributed by atoms with van der Waals surface area (Å²) in [6.07, 6.45) is 6.25. The van der Waals surface area contributed by atoms with Gasteiger partial charge in [0.1, 0.15) is 0 Å². The second-order valence-corrected chi connectivity index (χ2v) is 7.02. The number of fused-ring (bicyclic) bond motifs is 1. The van der Waals surface area contributed by atoms with E-state index in [1.54, 1.807) is 0 Å². The largest absolute Gasteiger partial charge is 0.349 e. The molecule has 0 aliphatic heterocycles. The van der Waals surface area contributed by atoms with Gasteiger partial charge in [0.25, 0.3) is 5.56 Å². The van der Waals surface area contributed by atoms with Gasteiger partial charge in [-0.3, -0.25) is 9.59 Å². The summed E-state index contributed by atoms with van der Waals surface area (Å²) >= 11 is 1.22. The Balaban J connectivity index is 1.57. The Hall–Kier alpha value is -2.08. The molecule has 1 amide bonds. The van der Waals surface area contributed by atoms with Crippen molar-refractivity contribution in [2.24, 2.45) is 0 Å². The van der Waals surface area contributed by atoms with E-state index >= 15 is 0 Å². The third kappa shape index (κ3) is 4.26. The van der Waals surface area contributed by atoms with Crippen molar-refractivity contribution in [3.05, 3.63) is 57.5 Å². The Morgan fingerprint density at radius 1 is 1.29 bits per heavy atom. The van der Waals surface area contributed by atoms with Crippen LogP contribution in [0, 0.1) is 0 Å². The lowest BCUT2D eigenvalue weighted by Crippen LogP contribution is -2.28. The molecule has 3 rings (SSSR count). The number of H-pyrrole nitrogens is 1. The third-order valence-corrected chi connectivity index (χ3v) is 5.13. The average Bonchev–Trinajstić information content (AvgIpc) is 2.59. The van der Waals surface area contributed by atoms with Gasteiger partial charge in [0.15, 0.2) is 5.16 Å². The lowest BCUT2D eigenvalue weighted by atomic mass is 9.89. The van der Waals surface area contributed by atoms with Crippen molar-refractivity contribution in [3.63, 3.8) is 0 Å². The second kappa shape index (κ2) is 7.66. The van der Waals surface area contributed by atoms with E-state index in [2.05, 4.69) is 33.5 Å². The number of nitrogens with zero attached hydrogens (tertiary/aromatic N) is 1. The number of nitrogens with one attached hydrogen (secondary N) is 2. The molecule has 6 heteroatoms. The zero-order chi connectivity index (χ0) is 16.9. The molecule has 126 valence electrons. The summed E-state index contributed by atoms with van der Waals surface area (Å²) in [5.41, 5.74) is 3.79.